The summed E-state index contributed by atoms with van der Waals surface area (Å²) in [6.45, 7) is 2.00. The van der Waals surface area contributed by atoms with Gasteiger partial charge in [0.05, 0.1) is 0 Å². The van der Waals surface area contributed by atoms with Crippen LogP contribution in [0.25, 0.3) is 0 Å². The average Bonchev–Trinajstić information content (AvgIpc) is 2.47. The van der Waals surface area contributed by atoms with Crippen LogP contribution in [0.4, 0.5) is 0 Å². The number of aromatic nitrogens is 3. The predicted molar refractivity (Wildman–Crippen MR) is 53.3 cm³/mol. The van der Waals surface area contributed by atoms with Crippen molar-refractivity contribution in [3.05, 3.63) is 11.6 Å². The molecule has 0 fully saturated rings. The van der Waals surface area contributed by atoms with Gasteiger partial charge in [0, 0.05) is 28.9 Å². The van der Waals surface area contributed by atoms with E-state index in [1.807, 2.05) is 6.92 Å². The molecule has 13 heavy (non-hydrogen) atoms. The Labute approximate surface area is 84.8 Å². The lowest BCUT2D eigenvalue weighted by Gasteiger charge is -2.11. The first-order valence-corrected chi connectivity index (χ1v) is 6.07. The number of nitrogens with zero attached hydrogens (tertiary/aromatic N) is 3. The van der Waals surface area contributed by atoms with Crippen molar-refractivity contribution in [1.82, 2.24) is 14.8 Å². The summed E-state index contributed by atoms with van der Waals surface area (Å²) in [6.07, 6.45) is 4.10. The second-order valence-electron chi connectivity index (χ2n) is 2.92. The lowest BCUT2D eigenvalue weighted by Crippen LogP contribution is -2.08. The van der Waals surface area contributed by atoms with E-state index in [1.165, 1.54) is 0 Å². The Morgan fingerprint density at radius 1 is 1.77 bits per heavy atom. The molecule has 0 aromatic carbocycles. The second kappa shape index (κ2) is 4.72. The van der Waals surface area contributed by atoms with Gasteiger partial charge in [0.2, 0.25) is 5.28 Å². The van der Waals surface area contributed by atoms with E-state index in [9.17, 15) is 4.21 Å². The maximum absolute atomic E-state index is 10.8. The zero-order chi connectivity index (χ0) is 9.84. The highest BCUT2D eigenvalue weighted by Gasteiger charge is 2.09. The summed E-state index contributed by atoms with van der Waals surface area (Å²) < 4.78 is 12.6. The normalized spacial score (nSPS) is 15.6. The quantitative estimate of drug-likeness (QED) is 0.769. The van der Waals surface area contributed by atoms with Gasteiger partial charge in [-0.25, -0.2) is 0 Å². The molecule has 1 heterocycles. The van der Waals surface area contributed by atoms with E-state index in [0.717, 1.165) is 6.42 Å². The van der Waals surface area contributed by atoms with E-state index in [4.69, 9.17) is 11.6 Å². The summed E-state index contributed by atoms with van der Waals surface area (Å²) in [5, 5.41) is 7.73. The highest BCUT2D eigenvalue weighted by atomic mass is 35.5. The van der Waals surface area contributed by atoms with Gasteiger partial charge in [-0.15, -0.1) is 10.2 Å². The Bertz CT molecular complexity index is 302. The van der Waals surface area contributed by atoms with E-state index >= 15 is 0 Å². The van der Waals surface area contributed by atoms with Crippen LogP contribution in [0.1, 0.15) is 19.4 Å². The topological polar surface area (TPSA) is 47.8 Å². The minimum Gasteiger partial charge on any atom is -0.302 e. The number of hydrogen-bond donors (Lipinski definition) is 0. The highest BCUT2D eigenvalue weighted by molar-refractivity contribution is 7.84. The molecule has 1 aromatic heterocycles. The van der Waals surface area contributed by atoms with E-state index in [-0.39, 0.29) is 6.04 Å². The van der Waals surface area contributed by atoms with Crippen LogP contribution in [0.5, 0.6) is 0 Å². The summed E-state index contributed by atoms with van der Waals surface area (Å²) in [5.74, 6) is 0.676. The van der Waals surface area contributed by atoms with Crippen molar-refractivity contribution < 1.29 is 4.21 Å². The van der Waals surface area contributed by atoms with Crippen molar-refractivity contribution in [2.75, 3.05) is 12.0 Å². The van der Waals surface area contributed by atoms with Crippen LogP contribution in [0.3, 0.4) is 0 Å². The lowest BCUT2D eigenvalue weighted by atomic mass is 10.3. The molecule has 2 atom stereocenters. The summed E-state index contributed by atoms with van der Waals surface area (Å²) in [4.78, 5) is 0. The summed E-state index contributed by atoms with van der Waals surface area (Å²) in [7, 11) is -0.752. The van der Waals surface area contributed by atoms with Crippen molar-refractivity contribution in [1.29, 1.82) is 0 Å². The minimum absolute atomic E-state index is 0.200. The van der Waals surface area contributed by atoms with Crippen LogP contribution in [0, 0.1) is 0 Å². The number of halogens is 1. The van der Waals surface area contributed by atoms with Crippen LogP contribution < -0.4 is 0 Å². The van der Waals surface area contributed by atoms with Crippen molar-refractivity contribution in [3.8, 4) is 0 Å². The molecule has 0 aliphatic carbocycles. The monoisotopic (exact) mass is 221 g/mol. The fraction of sp³-hybridized carbons (Fsp3) is 0.714. The molecule has 0 saturated heterocycles. The van der Waals surface area contributed by atoms with Crippen LogP contribution in [0.2, 0.25) is 5.28 Å². The minimum atomic E-state index is -0.752. The van der Waals surface area contributed by atoms with E-state index in [2.05, 4.69) is 10.2 Å². The Balaban J connectivity index is 2.53. The van der Waals surface area contributed by atoms with Gasteiger partial charge in [0.25, 0.3) is 0 Å². The highest BCUT2D eigenvalue weighted by Crippen LogP contribution is 2.15. The third-order valence-corrected chi connectivity index (χ3v) is 2.91. The fourth-order valence-electron chi connectivity index (χ4n) is 1.000. The van der Waals surface area contributed by atoms with Gasteiger partial charge in [-0.05, 0) is 24.9 Å². The van der Waals surface area contributed by atoms with Gasteiger partial charge in [-0.2, -0.15) is 0 Å². The summed E-state index contributed by atoms with van der Waals surface area (Å²) in [6, 6.07) is 0.200. The maximum Gasteiger partial charge on any atom is 0.225 e. The van der Waals surface area contributed by atoms with Crippen molar-refractivity contribution in [3.63, 3.8) is 0 Å². The summed E-state index contributed by atoms with van der Waals surface area (Å²) in [5.41, 5.74) is 0. The molecule has 0 spiro atoms. The molecule has 0 aliphatic rings. The van der Waals surface area contributed by atoms with Gasteiger partial charge < -0.3 is 4.57 Å². The Morgan fingerprint density at radius 3 is 2.92 bits per heavy atom. The predicted octanol–water partition coefficient (Wildman–Crippen LogP) is 1.26. The van der Waals surface area contributed by atoms with Crippen molar-refractivity contribution in [2.45, 2.75) is 19.4 Å². The molecule has 0 saturated carbocycles. The third-order valence-electron chi connectivity index (χ3n) is 1.83. The standard InChI is InChI=1S/C7H12ClN3OS/c1-6(3-4-13(2)12)11-5-9-10-7(11)8/h5-6H,3-4H2,1-2H3. The maximum atomic E-state index is 10.8. The molecular weight excluding hydrogens is 210 g/mol. The number of rotatable bonds is 4. The third kappa shape index (κ3) is 3.08. The number of hydrogen-bond acceptors (Lipinski definition) is 3. The van der Waals surface area contributed by atoms with Gasteiger partial charge in [-0.3, -0.25) is 4.21 Å². The summed E-state index contributed by atoms with van der Waals surface area (Å²) >= 11 is 5.76. The zero-order valence-corrected chi connectivity index (χ0v) is 9.18. The first kappa shape index (κ1) is 10.7. The van der Waals surface area contributed by atoms with Gasteiger partial charge >= 0.3 is 0 Å². The van der Waals surface area contributed by atoms with Crippen LogP contribution in [-0.4, -0.2) is 31.0 Å². The first-order valence-electron chi connectivity index (χ1n) is 3.96. The molecule has 0 amide bonds. The van der Waals surface area contributed by atoms with Crippen LogP contribution in [-0.2, 0) is 10.8 Å². The molecule has 6 heteroatoms. The van der Waals surface area contributed by atoms with Gasteiger partial charge in [-0.1, -0.05) is 0 Å². The van der Waals surface area contributed by atoms with Gasteiger partial charge in [0.1, 0.15) is 6.33 Å². The average molecular weight is 222 g/mol. The fourth-order valence-corrected chi connectivity index (χ4v) is 1.93. The van der Waals surface area contributed by atoms with E-state index in [1.54, 1.807) is 17.2 Å². The van der Waals surface area contributed by atoms with Crippen LogP contribution in [0.15, 0.2) is 6.33 Å². The molecule has 0 N–H and O–H groups in total. The van der Waals surface area contributed by atoms with E-state index < -0.39 is 10.8 Å². The molecule has 2 unspecified atom stereocenters. The van der Waals surface area contributed by atoms with Crippen molar-refractivity contribution in [2.24, 2.45) is 0 Å². The van der Waals surface area contributed by atoms with Crippen LogP contribution >= 0.6 is 11.6 Å². The Kier molecular flexibility index (Phi) is 3.87. The molecule has 4 nitrogen and oxygen atoms in total. The SMILES string of the molecule is CC(CCS(C)=O)n1cnnc1Cl. The molecule has 1 rings (SSSR count). The van der Waals surface area contributed by atoms with Crippen molar-refractivity contribution >= 4 is 22.4 Å². The lowest BCUT2D eigenvalue weighted by molar-refractivity contribution is 0.530. The van der Waals surface area contributed by atoms with Gasteiger partial charge in [0.15, 0.2) is 0 Å². The zero-order valence-electron chi connectivity index (χ0n) is 7.61. The Morgan fingerprint density at radius 2 is 2.46 bits per heavy atom. The Hall–Kier alpha value is -0.420. The molecule has 0 bridgehead atoms. The molecule has 74 valence electrons. The molecule has 1 aromatic rings. The van der Waals surface area contributed by atoms with E-state index in [0.29, 0.717) is 11.0 Å². The second-order valence-corrected chi connectivity index (χ2v) is 4.81. The first-order chi connectivity index (χ1) is 6.11. The molecular formula is C7H12ClN3OS. The molecule has 0 radical (unpaired) electrons. The largest absolute Gasteiger partial charge is 0.302 e. The smallest absolute Gasteiger partial charge is 0.225 e. The molecule has 0 aliphatic heterocycles.